The van der Waals surface area contributed by atoms with Crippen LogP contribution in [0.4, 0.5) is 5.69 Å². The fourth-order valence-corrected chi connectivity index (χ4v) is 3.92. The van der Waals surface area contributed by atoms with Crippen molar-refractivity contribution in [3.05, 3.63) is 29.8 Å². The fourth-order valence-electron chi connectivity index (χ4n) is 3.92. The summed E-state index contributed by atoms with van der Waals surface area (Å²) in [4.78, 5) is 17.0. The molecule has 2 aliphatic rings. The smallest absolute Gasteiger partial charge is 0.313 e. The summed E-state index contributed by atoms with van der Waals surface area (Å²) in [5.74, 6) is -0.292. The highest BCUT2D eigenvalue weighted by atomic mass is 16.5. The van der Waals surface area contributed by atoms with E-state index in [1.54, 1.807) is 0 Å². The van der Waals surface area contributed by atoms with E-state index in [2.05, 4.69) is 29.0 Å². The zero-order chi connectivity index (χ0) is 16.6. The maximum absolute atomic E-state index is 12.5. The number of carbonyl (C=O) groups is 1. The predicted molar refractivity (Wildman–Crippen MR) is 92.9 cm³/mol. The lowest BCUT2D eigenvalue weighted by Crippen LogP contribution is -2.43. The molecule has 4 nitrogen and oxygen atoms in total. The lowest BCUT2D eigenvalue weighted by Gasteiger charge is -2.36. The average Bonchev–Trinajstić information content (AvgIpc) is 2.75. The van der Waals surface area contributed by atoms with Crippen LogP contribution in [-0.4, -0.2) is 50.2 Å². The highest BCUT2D eigenvalue weighted by Crippen LogP contribution is 2.36. The topological polar surface area (TPSA) is 32.8 Å². The number of hydrogen-bond donors (Lipinski definition) is 0. The van der Waals surface area contributed by atoms with Crippen LogP contribution in [-0.2, 0) is 9.53 Å². The summed E-state index contributed by atoms with van der Waals surface area (Å²) in [5, 5.41) is 0. The third kappa shape index (κ3) is 3.37. The molecule has 2 saturated heterocycles. The van der Waals surface area contributed by atoms with Gasteiger partial charge in [-0.05, 0) is 57.4 Å². The second-order valence-corrected chi connectivity index (χ2v) is 7.29. The van der Waals surface area contributed by atoms with Gasteiger partial charge in [0.25, 0.3) is 0 Å². The number of benzene rings is 1. The first-order valence-electron chi connectivity index (χ1n) is 8.65. The number of hydrogen-bond acceptors (Lipinski definition) is 4. The number of esters is 1. The van der Waals surface area contributed by atoms with Gasteiger partial charge >= 0.3 is 5.97 Å². The van der Waals surface area contributed by atoms with Crippen molar-refractivity contribution in [1.29, 1.82) is 0 Å². The van der Waals surface area contributed by atoms with E-state index in [4.69, 9.17) is 4.74 Å². The molecular weight excluding hydrogens is 288 g/mol. The first-order chi connectivity index (χ1) is 11.0. The Kier molecular flexibility index (Phi) is 4.62. The molecule has 0 radical (unpaired) electrons. The standard InChI is InChI=1S/C19H28N2O2/c1-13(14-5-7-15(8-6-14)20(2)3)19(22)23-18-11-16-9-10-17(12-18)21(16)4/h5-8,13,16-18H,9-12H2,1-4H3/t13?,16-,17+,18?. The SMILES string of the molecule is CC(C(=O)OC1C[C@H]2CC[C@@H](C1)N2C)c1ccc(N(C)C)cc1. The molecule has 126 valence electrons. The second kappa shape index (κ2) is 6.52. The molecule has 0 N–H and O–H groups in total. The number of ether oxygens (including phenoxy) is 1. The Morgan fingerprint density at radius 1 is 1.17 bits per heavy atom. The quantitative estimate of drug-likeness (QED) is 0.800. The number of carbonyl (C=O) groups excluding carboxylic acids is 1. The summed E-state index contributed by atoms with van der Waals surface area (Å²) in [6.45, 7) is 1.94. The van der Waals surface area contributed by atoms with Gasteiger partial charge in [-0.1, -0.05) is 12.1 Å². The summed E-state index contributed by atoms with van der Waals surface area (Å²) < 4.78 is 5.84. The van der Waals surface area contributed by atoms with Gasteiger partial charge in [-0.15, -0.1) is 0 Å². The molecule has 2 fully saturated rings. The molecule has 0 saturated carbocycles. The predicted octanol–water partition coefficient (Wildman–Crippen LogP) is 3.02. The molecular formula is C19H28N2O2. The van der Waals surface area contributed by atoms with Gasteiger partial charge in [0, 0.05) is 31.9 Å². The zero-order valence-corrected chi connectivity index (χ0v) is 14.7. The average molecular weight is 316 g/mol. The van der Waals surface area contributed by atoms with Crippen LogP contribution in [0.1, 0.15) is 44.1 Å². The second-order valence-electron chi connectivity index (χ2n) is 7.29. The number of anilines is 1. The van der Waals surface area contributed by atoms with E-state index in [1.165, 1.54) is 12.8 Å². The lowest BCUT2D eigenvalue weighted by atomic mass is 9.98. The molecule has 2 bridgehead atoms. The van der Waals surface area contributed by atoms with Gasteiger partial charge in [0.15, 0.2) is 0 Å². The summed E-state index contributed by atoms with van der Waals surface area (Å²) in [6.07, 6.45) is 4.57. The Labute approximate surface area is 139 Å². The van der Waals surface area contributed by atoms with Gasteiger partial charge in [-0.25, -0.2) is 0 Å². The fraction of sp³-hybridized carbons (Fsp3) is 0.632. The Morgan fingerprint density at radius 3 is 2.26 bits per heavy atom. The van der Waals surface area contributed by atoms with Gasteiger partial charge in [0.05, 0.1) is 5.92 Å². The van der Waals surface area contributed by atoms with E-state index < -0.39 is 0 Å². The van der Waals surface area contributed by atoms with Gasteiger partial charge < -0.3 is 14.5 Å². The highest BCUT2D eigenvalue weighted by molar-refractivity contribution is 5.78. The van der Waals surface area contributed by atoms with Gasteiger partial charge in [-0.2, -0.15) is 0 Å². The summed E-state index contributed by atoms with van der Waals surface area (Å²) in [7, 11) is 6.23. The number of nitrogens with zero attached hydrogens (tertiary/aromatic N) is 2. The molecule has 0 aliphatic carbocycles. The molecule has 0 aromatic heterocycles. The Bertz CT molecular complexity index is 541. The summed E-state index contributed by atoms with van der Waals surface area (Å²) in [5.41, 5.74) is 2.16. The number of fused-ring (bicyclic) bond motifs is 2. The summed E-state index contributed by atoms with van der Waals surface area (Å²) in [6, 6.07) is 9.35. The van der Waals surface area contributed by atoms with E-state index >= 15 is 0 Å². The Hall–Kier alpha value is -1.55. The Morgan fingerprint density at radius 2 is 1.74 bits per heavy atom. The molecule has 4 atom stereocenters. The molecule has 23 heavy (non-hydrogen) atoms. The highest BCUT2D eigenvalue weighted by Gasteiger charge is 2.40. The van der Waals surface area contributed by atoms with Crippen LogP contribution in [0.3, 0.4) is 0 Å². The van der Waals surface area contributed by atoms with Crippen LogP contribution in [0.2, 0.25) is 0 Å². The first-order valence-corrected chi connectivity index (χ1v) is 8.65. The third-order valence-electron chi connectivity index (χ3n) is 5.60. The Balaban J connectivity index is 1.59. The molecule has 1 aromatic rings. The third-order valence-corrected chi connectivity index (χ3v) is 5.60. The van der Waals surface area contributed by atoms with Crippen LogP contribution < -0.4 is 4.90 Å². The van der Waals surface area contributed by atoms with Gasteiger partial charge in [0.1, 0.15) is 6.10 Å². The van der Waals surface area contributed by atoms with E-state index in [0.717, 1.165) is 24.1 Å². The van der Waals surface area contributed by atoms with Crippen molar-refractivity contribution in [2.75, 3.05) is 26.0 Å². The first kappa shape index (κ1) is 16.3. The van der Waals surface area contributed by atoms with Crippen molar-refractivity contribution >= 4 is 11.7 Å². The number of rotatable bonds is 4. The molecule has 0 spiro atoms. The lowest BCUT2D eigenvalue weighted by molar-refractivity contribution is -0.153. The van der Waals surface area contributed by atoms with Crippen molar-refractivity contribution < 1.29 is 9.53 Å². The van der Waals surface area contributed by atoms with Crippen LogP contribution >= 0.6 is 0 Å². The van der Waals surface area contributed by atoms with Crippen molar-refractivity contribution in [1.82, 2.24) is 4.90 Å². The largest absolute Gasteiger partial charge is 0.462 e. The van der Waals surface area contributed by atoms with E-state index in [9.17, 15) is 4.79 Å². The van der Waals surface area contributed by atoms with Gasteiger partial charge in [-0.3, -0.25) is 4.79 Å². The molecule has 0 amide bonds. The van der Waals surface area contributed by atoms with Crippen LogP contribution in [0.5, 0.6) is 0 Å². The monoisotopic (exact) mass is 316 g/mol. The van der Waals surface area contributed by atoms with Crippen LogP contribution in [0, 0.1) is 0 Å². The van der Waals surface area contributed by atoms with Gasteiger partial charge in [0.2, 0.25) is 0 Å². The molecule has 3 rings (SSSR count). The minimum atomic E-state index is -0.205. The summed E-state index contributed by atoms with van der Waals surface area (Å²) >= 11 is 0. The maximum atomic E-state index is 12.5. The minimum Gasteiger partial charge on any atom is -0.462 e. The van der Waals surface area contributed by atoms with E-state index in [-0.39, 0.29) is 18.0 Å². The van der Waals surface area contributed by atoms with Crippen molar-refractivity contribution in [3.63, 3.8) is 0 Å². The van der Waals surface area contributed by atoms with Crippen LogP contribution in [0.15, 0.2) is 24.3 Å². The van der Waals surface area contributed by atoms with Crippen molar-refractivity contribution in [2.24, 2.45) is 0 Å². The van der Waals surface area contributed by atoms with E-state index in [0.29, 0.717) is 12.1 Å². The molecule has 2 unspecified atom stereocenters. The molecule has 2 aliphatic heterocycles. The zero-order valence-electron chi connectivity index (χ0n) is 14.7. The minimum absolute atomic E-state index is 0.0865. The van der Waals surface area contributed by atoms with Crippen molar-refractivity contribution in [2.45, 2.75) is 56.7 Å². The maximum Gasteiger partial charge on any atom is 0.313 e. The van der Waals surface area contributed by atoms with E-state index in [1.807, 2.05) is 33.2 Å². The molecule has 2 heterocycles. The number of piperidine rings is 1. The normalized spacial score (nSPS) is 28.4. The van der Waals surface area contributed by atoms with Crippen LogP contribution in [0.25, 0.3) is 0 Å². The van der Waals surface area contributed by atoms with Crippen molar-refractivity contribution in [3.8, 4) is 0 Å². The molecule has 1 aromatic carbocycles. The molecule has 4 heteroatoms.